The maximum absolute atomic E-state index is 6.14. The minimum atomic E-state index is 0.746. The first-order valence-corrected chi connectivity index (χ1v) is 7.27. The van der Waals surface area contributed by atoms with Gasteiger partial charge in [0.2, 0.25) is 0 Å². The van der Waals surface area contributed by atoms with E-state index in [1.165, 1.54) is 0 Å². The molecule has 0 aromatic heterocycles. The summed E-state index contributed by atoms with van der Waals surface area (Å²) in [6.07, 6.45) is 1.14. The zero-order valence-electron chi connectivity index (χ0n) is 9.35. The van der Waals surface area contributed by atoms with Gasteiger partial charge in [-0.1, -0.05) is 46.1 Å². The molecule has 0 atom stereocenters. The molecule has 0 bridgehead atoms. The second kappa shape index (κ2) is 7.54. The Labute approximate surface area is 116 Å². The van der Waals surface area contributed by atoms with Gasteiger partial charge in [-0.25, -0.2) is 0 Å². The Hall–Kier alpha value is 0.240. The third kappa shape index (κ3) is 4.62. The van der Waals surface area contributed by atoms with Crippen molar-refractivity contribution in [1.29, 1.82) is 0 Å². The molecule has 1 aromatic rings. The molecule has 0 fully saturated rings. The lowest BCUT2D eigenvalue weighted by Crippen LogP contribution is -2.24. The first-order chi connectivity index (χ1) is 7.67. The lowest BCUT2D eigenvalue weighted by molar-refractivity contribution is 0.282. The lowest BCUT2D eigenvalue weighted by atomic mass is 10.2. The van der Waals surface area contributed by atoms with Crippen molar-refractivity contribution in [3.63, 3.8) is 0 Å². The van der Waals surface area contributed by atoms with Crippen LogP contribution in [0.15, 0.2) is 18.2 Å². The molecule has 0 saturated carbocycles. The average Bonchev–Trinajstić information content (AvgIpc) is 2.28. The molecule has 1 aromatic carbocycles. The molecule has 1 nitrogen and oxygen atoms in total. The summed E-state index contributed by atoms with van der Waals surface area (Å²) in [7, 11) is 0. The highest BCUT2D eigenvalue weighted by Gasteiger charge is 2.07. The smallest absolute Gasteiger partial charge is 0.0452 e. The molecule has 0 aliphatic heterocycles. The van der Waals surface area contributed by atoms with Crippen LogP contribution in [0, 0.1) is 0 Å². The Bertz CT molecular complexity index is 331. The molecule has 0 radical (unpaired) electrons. The number of rotatable bonds is 6. The predicted molar refractivity (Wildman–Crippen MR) is 75.8 cm³/mol. The van der Waals surface area contributed by atoms with E-state index in [4.69, 9.17) is 23.2 Å². The quantitative estimate of drug-likeness (QED) is 0.691. The van der Waals surface area contributed by atoms with Gasteiger partial charge in [-0.05, 0) is 43.3 Å². The van der Waals surface area contributed by atoms with Gasteiger partial charge in [-0.2, -0.15) is 0 Å². The van der Waals surface area contributed by atoms with Gasteiger partial charge in [-0.15, -0.1) is 0 Å². The van der Waals surface area contributed by atoms with Gasteiger partial charge < -0.3 is 0 Å². The van der Waals surface area contributed by atoms with E-state index in [0.29, 0.717) is 0 Å². The molecule has 0 aliphatic carbocycles. The van der Waals surface area contributed by atoms with Crippen LogP contribution in [0.4, 0.5) is 0 Å². The van der Waals surface area contributed by atoms with E-state index in [9.17, 15) is 0 Å². The highest BCUT2D eigenvalue weighted by atomic mass is 79.9. The summed E-state index contributed by atoms with van der Waals surface area (Å²) in [6.45, 7) is 5.12. The molecule has 0 unspecified atom stereocenters. The van der Waals surface area contributed by atoms with Crippen LogP contribution in [0.1, 0.15) is 18.9 Å². The minimum absolute atomic E-state index is 0.746. The van der Waals surface area contributed by atoms with Crippen LogP contribution >= 0.6 is 39.1 Å². The van der Waals surface area contributed by atoms with Crippen molar-refractivity contribution in [2.45, 2.75) is 19.9 Å². The van der Waals surface area contributed by atoms with Crippen LogP contribution in [-0.4, -0.2) is 23.3 Å². The normalized spacial score (nSPS) is 11.1. The fraction of sp³-hybridized carbons (Fsp3) is 0.500. The van der Waals surface area contributed by atoms with Crippen molar-refractivity contribution in [3.8, 4) is 0 Å². The van der Waals surface area contributed by atoms with Crippen LogP contribution in [0.5, 0.6) is 0 Å². The Morgan fingerprint density at radius 2 is 2.06 bits per heavy atom. The number of nitrogens with zero attached hydrogens (tertiary/aromatic N) is 1. The highest BCUT2D eigenvalue weighted by Crippen LogP contribution is 2.22. The lowest BCUT2D eigenvalue weighted by Gasteiger charge is -2.20. The zero-order chi connectivity index (χ0) is 12.0. The second-order valence-electron chi connectivity index (χ2n) is 3.65. The molecular weight excluding hydrogens is 309 g/mol. The number of alkyl halides is 1. The molecule has 0 aliphatic rings. The van der Waals surface area contributed by atoms with E-state index >= 15 is 0 Å². The number of benzene rings is 1. The van der Waals surface area contributed by atoms with Gasteiger partial charge in [0.05, 0.1) is 0 Å². The van der Waals surface area contributed by atoms with Crippen molar-refractivity contribution in [2.24, 2.45) is 0 Å². The summed E-state index contributed by atoms with van der Waals surface area (Å²) < 4.78 is 0. The summed E-state index contributed by atoms with van der Waals surface area (Å²) in [5.41, 5.74) is 1.10. The van der Waals surface area contributed by atoms with Crippen LogP contribution < -0.4 is 0 Å². The van der Waals surface area contributed by atoms with E-state index in [1.807, 2.05) is 18.2 Å². The first-order valence-electron chi connectivity index (χ1n) is 5.39. The third-order valence-electron chi connectivity index (χ3n) is 2.46. The number of halogens is 3. The van der Waals surface area contributed by atoms with Crippen LogP contribution in [-0.2, 0) is 6.54 Å². The minimum Gasteiger partial charge on any atom is -0.299 e. The Balaban J connectivity index is 2.65. The van der Waals surface area contributed by atoms with Gasteiger partial charge in [0.1, 0.15) is 0 Å². The Morgan fingerprint density at radius 3 is 2.69 bits per heavy atom. The van der Waals surface area contributed by atoms with Crippen molar-refractivity contribution >= 4 is 39.1 Å². The average molecular weight is 325 g/mol. The monoisotopic (exact) mass is 323 g/mol. The molecule has 0 N–H and O–H groups in total. The largest absolute Gasteiger partial charge is 0.299 e. The van der Waals surface area contributed by atoms with Crippen LogP contribution in [0.2, 0.25) is 10.0 Å². The van der Waals surface area contributed by atoms with Gasteiger partial charge in [0.15, 0.2) is 0 Å². The predicted octanol–water partition coefficient (Wildman–Crippen LogP) is 4.60. The number of hydrogen-bond donors (Lipinski definition) is 0. The standard InChI is InChI=1S/C12H16BrCl2N/c1-2-16(7-3-6-13)9-10-8-11(14)4-5-12(10)15/h4-5,8H,2-3,6-7,9H2,1H3. The first kappa shape index (κ1) is 14.3. The molecular formula is C12H16BrCl2N. The SMILES string of the molecule is CCN(CCCBr)Cc1cc(Cl)ccc1Cl. The fourth-order valence-corrected chi connectivity index (χ4v) is 2.16. The van der Waals surface area contributed by atoms with E-state index in [0.717, 1.165) is 47.0 Å². The van der Waals surface area contributed by atoms with E-state index < -0.39 is 0 Å². The third-order valence-corrected chi connectivity index (χ3v) is 3.62. The molecule has 0 spiro atoms. The summed E-state index contributed by atoms with van der Waals surface area (Å²) in [5.74, 6) is 0. The maximum Gasteiger partial charge on any atom is 0.0452 e. The van der Waals surface area contributed by atoms with E-state index in [-0.39, 0.29) is 0 Å². The Kier molecular flexibility index (Phi) is 6.74. The summed E-state index contributed by atoms with van der Waals surface area (Å²) >= 11 is 15.5. The van der Waals surface area contributed by atoms with Crippen LogP contribution in [0.3, 0.4) is 0 Å². The second-order valence-corrected chi connectivity index (χ2v) is 5.28. The molecule has 0 heterocycles. The maximum atomic E-state index is 6.14. The fourth-order valence-electron chi connectivity index (χ4n) is 1.54. The molecule has 90 valence electrons. The van der Waals surface area contributed by atoms with Gasteiger partial charge in [-0.3, -0.25) is 4.90 Å². The van der Waals surface area contributed by atoms with Crippen molar-refractivity contribution in [1.82, 2.24) is 4.90 Å². The summed E-state index contributed by atoms with van der Waals surface area (Å²) in [6, 6.07) is 5.63. The summed E-state index contributed by atoms with van der Waals surface area (Å²) in [5, 5.41) is 2.57. The highest BCUT2D eigenvalue weighted by molar-refractivity contribution is 9.09. The molecule has 0 saturated heterocycles. The van der Waals surface area contributed by atoms with E-state index in [2.05, 4.69) is 27.8 Å². The molecule has 1 rings (SSSR count). The molecule has 4 heteroatoms. The Morgan fingerprint density at radius 1 is 1.31 bits per heavy atom. The van der Waals surface area contributed by atoms with Gasteiger partial charge >= 0.3 is 0 Å². The van der Waals surface area contributed by atoms with Gasteiger partial charge in [0, 0.05) is 21.9 Å². The van der Waals surface area contributed by atoms with Gasteiger partial charge in [0.25, 0.3) is 0 Å². The van der Waals surface area contributed by atoms with Crippen LogP contribution in [0.25, 0.3) is 0 Å². The molecule has 16 heavy (non-hydrogen) atoms. The van der Waals surface area contributed by atoms with E-state index in [1.54, 1.807) is 0 Å². The van der Waals surface area contributed by atoms with Crippen molar-refractivity contribution in [2.75, 3.05) is 18.4 Å². The van der Waals surface area contributed by atoms with Crippen molar-refractivity contribution in [3.05, 3.63) is 33.8 Å². The zero-order valence-corrected chi connectivity index (χ0v) is 12.4. The molecule has 0 amide bonds. The van der Waals surface area contributed by atoms with Crippen molar-refractivity contribution < 1.29 is 0 Å². The summed E-state index contributed by atoms with van der Waals surface area (Å²) in [4.78, 5) is 2.36. The number of hydrogen-bond acceptors (Lipinski definition) is 1. The topological polar surface area (TPSA) is 3.24 Å².